The largest absolute Gasteiger partial charge is 0.392 e. The predicted octanol–water partition coefficient (Wildman–Crippen LogP) is 9.34. The first-order valence-corrected chi connectivity index (χ1v) is 19.1. The lowest BCUT2D eigenvalue weighted by Crippen LogP contribution is -2.44. The van der Waals surface area contributed by atoms with Gasteiger partial charge in [0, 0.05) is 44.2 Å². The number of urea groups is 1. The number of carbonyl (C=O) groups excluding carboxylic acids is 1. The maximum Gasteiger partial charge on any atom is 0.315 e. The zero-order valence-electron chi connectivity index (χ0n) is 31.3. The third-order valence-corrected chi connectivity index (χ3v) is 10.2. The summed E-state index contributed by atoms with van der Waals surface area (Å²) < 4.78 is 13.8. The Bertz CT molecular complexity index is 2050. The Hall–Kier alpha value is -5.57. The first-order chi connectivity index (χ1) is 27.0. The molecule has 1 fully saturated rings. The summed E-state index contributed by atoms with van der Waals surface area (Å²) in [6.45, 7) is 5.38. The Kier molecular flexibility index (Phi) is 12.8. The lowest BCUT2D eigenvalue weighted by molar-refractivity contribution is -0.276. The summed E-state index contributed by atoms with van der Waals surface area (Å²) in [5, 5.41) is 15.7. The summed E-state index contributed by atoms with van der Waals surface area (Å²) in [7, 11) is 0. The lowest BCUT2D eigenvalue weighted by atomic mass is 9.89. The molecule has 7 nitrogen and oxygen atoms in total. The standard InChI is InChI=1S/C48H49N3O4/c1-35-45(33-51(31-37-15-7-3-8-16-37)32-38-17-9-4-10-18-38)54-47(55-46(35)41-25-23-39(34-52)24-26-41)44-22-12-21-43(28-44)42-20-11-19-40(27-42)30-50-48(53)49-29-36-13-5-2-6-14-36/h2-28,35,45-47,52H,29-34H2,1H3,(H2,49,50,53). The molecule has 55 heavy (non-hydrogen) atoms. The second-order valence-corrected chi connectivity index (χ2v) is 14.3. The van der Waals surface area contributed by atoms with E-state index in [-0.39, 0.29) is 30.8 Å². The summed E-state index contributed by atoms with van der Waals surface area (Å²) in [6, 6.07) is 55.5. The van der Waals surface area contributed by atoms with Crippen LogP contribution in [0.25, 0.3) is 11.1 Å². The monoisotopic (exact) mass is 731 g/mol. The van der Waals surface area contributed by atoms with Crippen LogP contribution in [0, 0.1) is 5.92 Å². The minimum Gasteiger partial charge on any atom is -0.392 e. The van der Waals surface area contributed by atoms with Crippen LogP contribution in [0.1, 0.15) is 58.3 Å². The van der Waals surface area contributed by atoms with Crippen LogP contribution >= 0.6 is 0 Å². The van der Waals surface area contributed by atoms with Crippen molar-refractivity contribution in [3.8, 4) is 11.1 Å². The van der Waals surface area contributed by atoms with Crippen LogP contribution in [0.2, 0.25) is 0 Å². The number of hydrogen-bond donors (Lipinski definition) is 3. The van der Waals surface area contributed by atoms with Crippen molar-refractivity contribution >= 4 is 6.03 Å². The van der Waals surface area contributed by atoms with Crippen LogP contribution in [0.15, 0.2) is 164 Å². The van der Waals surface area contributed by atoms with E-state index in [1.54, 1.807) is 0 Å². The highest BCUT2D eigenvalue weighted by molar-refractivity contribution is 5.74. The molecule has 280 valence electrons. The molecular weight excluding hydrogens is 683 g/mol. The van der Waals surface area contributed by atoms with Gasteiger partial charge in [0.2, 0.25) is 0 Å². The molecule has 0 aromatic heterocycles. The third-order valence-electron chi connectivity index (χ3n) is 10.2. The van der Waals surface area contributed by atoms with Gasteiger partial charge >= 0.3 is 6.03 Å². The van der Waals surface area contributed by atoms with Gasteiger partial charge in [0.15, 0.2) is 6.29 Å². The molecule has 4 atom stereocenters. The molecule has 7 heteroatoms. The Labute approximate surface area is 324 Å². The number of nitrogens with one attached hydrogen (secondary N) is 2. The molecule has 0 spiro atoms. The fourth-order valence-corrected chi connectivity index (χ4v) is 7.20. The Morgan fingerprint density at radius 3 is 1.75 bits per heavy atom. The Balaban J connectivity index is 1.11. The molecule has 1 aliphatic heterocycles. The average molecular weight is 732 g/mol. The molecule has 0 radical (unpaired) electrons. The van der Waals surface area contributed by atoms with E-state index in [4.69, 9.17) is 9.47 Å². The first kappa shape index (κ1) is 37.7. The molecule has 2 amide bonds. The van der Waals surface area contributed by atoms with Crippen molar-refractivity contribution in [3.63, 3.8) is 0 Å². The lowest BCUT2D eigenvalue weighted by Gasteiger charge is -2.43. The number of aliphatic hydroxyl groups excluding tert-OH is 1. The second kappa shape index (κ2) is 18.7. The maximum absolute atomic E-state index is 12.6. The van der Waals surface area contributed by atoms with Gasteiger partial charge in [-0.2, -0.15) is 0 Å². The van der Waals surface area contributed by atoms with Gasteiger partial charge in [0.1, 0.15) is 0 Å². The van der Waals surface area contributed by atoms with Crippen LogP contribution in [0.3, 0.4) is 0 Å². The van der Waals surface area contributed by atoms with Crippen LogP contribution in [-0.2, 0) is 42.3 Å². The van der Waals surface area contributed by atoms with Crippen LogP contribution in [-0.4, -0.2) is 28.7 Å². The van der Waals surface area contributed by atoms with Gasteiger partial charge in [-0.15, -0.1) is 0 Å². The topological polar surface area (TPSA) is 83.1 Å². The fourth-order valence-electron chi connectivity index (χ4n) is 7.20. The zero-order chi connectivity index (χ0) is 37.8. The SMILES string of the molecule is CC1C(CN(Cc2ccccc2)Cc2ccccc2)OC(c2cccc(-c3cccc(CNC(=O)NCc4ccccc4)c3)c2)OC1c1ccc(CO)cc1. The van der Waals surface area contributed by atoms with Crippen LogP contribution in [0.5, 0.6) is 0 Å². The number of carbonyl (C=O) groups is 1. The highest BCUT2D eigenvalue weighted by Crippen LogP contribution is 2.42. The number of benzene rings is 6. The Morgan fingerprint density at radius 1 is 0.582 bits per heavy atom. The highest BCUT2D eigenvalue weighted by Gasteiger charge is 2.39. The van der Waals surface area contributed by atoms with E-state index in [1.807, 2.05) is 54.6 Å². The minimum absolute atomic E-state index is 0.00480. The van der Waals surface area contributed by atoms with E-state index in [1.165, 1.54) is 11.1 Å². The van der Waals surface area contributed by atoms with Gasteiger partial charge < -0.3 is 25.2 Å². The predicted molar refractivity (Wildman–Crippen MR) is 217 cm³/mol. The van der Waals surface area contributed by atoms with E-state index >= 15 is 0 Å². The molecule has 3 N–H and O–H groups in total. The van der Waals surface area contributed by atoms with E-state index in [0.717, 1.165) is 52.0 Å². The normalized spacial score (nSPS) is 18.2. The number of rotatable bonds is 14. The van der Waals surface area contributed by atoms with Gasteiger partial charge in [-0.05, 0) is 56.6 Å². The maximum atomic E-state index is 12.6. The molecule has 1 saturated heterocycles. The number of nitrogens with zero attached hydrogens (tertiary/aromatic N) is 1. The van der Waals surface area contributed by atoms with E-state index in [2.05, 4.69) is 132 Å². The molecule has 0 aliphatic carbocycles. The minimum atomic E-state index is -0.600. The summed E-state index contributed by atoms with van der Waals surface area (Å²) in [6.07, 6.45) is -0.963. The first-order valence-electron chi connectivity index (χ1n) is 19.1. The highest BCUT2D eigenvalue weighted by atomic mass is 16.7. The number of ether oxygens (including phenoxy) is 2. The van der Waals surface area contributed by atoms with E-state index in [9.17, 15) is 9.90 Å². The average Bonchev–Trinajstić information content (AvgIpc) is 3.24. The number of hydrogen-bond acceptors (Lipinski definition) is 5. The summed E-state index contributed by atoms with van der Waals surface area (Å²) in [5.41, 5.74) is 9.50. The van der Waals surface area contributed by atoms with Crippen molar-refractivity contribution in [2.45, 2.75) is 58.2 Å². The number of amides is 2. The van der Waals surface area contributed by atoms with Crippen molar-refractivity contribution in [2.75, 3.05) is 6.54 Å². The van der Waals surface area contributed by atoms with Gasteiger partial charge in [0.25, 0.3) is 0 Å². The fraction of sp³-hybridized carbons (Fsp3) is 0.229. The van der Waals surface area contributed by atoms with Gasteiger partial charge in [-0.25, -0.2) is 4.79 Å². The van der Waals surface area contributed by atoms with E-state index in [0.29, 0.717) is 19.6 Å². The smallest absolute Gasteiger partial charge is 0.315 e. The quantitative estimate of drug-likeness (QED) is 0.104. The second-order valence-electron chi connectivity index (χ2n) is 14.3. The molecule has 1 aliphatic rings. The van der Waals surface area contributed by atoms with Crippen molar-refractivity contribution < 1.29 is 19.4 Å². The molecule has 0 saturated carbocycles. The van der Waals surface area contributed by atoms with Crippen molar-refractivity contribution in [1.29, 1.82) is 0 Å². The van der Waals surface area contributed by atoms with Gasteiger partial charge in [-0.3, -0.25) is 4.90 Å². The molecule has 6 aromatic carbocycles. The summed E-state index contributed by atoms with van der Waals surface area (Å²) >= 11 is 0. The van der Waals surface area contributed by atoms with Gasteiger partial charge in [0.05, 0.1) is 18.8 Å². The van der Waals surface area contributed by atoms with Crippen molar-refractivity contribution in [3.05, 3.63) is 203 Å². The zero-order valence-corrected chi connectivity index (χ0v) is 31.3. The third kappa shape index (κ3) is 10.4. The summed E-state index contributed by atoms with van der Waals surface area (Å²) in [5.74, 6) is 0.0440. The molecule has 6 aromatic rings. The van der Waals surface area contributed by atoms with E-state index < -0.39 is 6.29 Å². The van der Waals surface area contributed by atoms with Crippen LogP contribution in [0.4, 0.5) is 4.79 Å². The number of aliphatic hydroxyl groups is 1. The van der Waals surface area contributed by atoms with Crippen LogP contribution < -0.4 is 10.6 Å². The molecular formula is C48H49N3O4. The van der Waals surface area contributed by atoms with Crippen molar-refractivity contribution in [1.82, 2.24) is 15.5 Å². The molecule has 0 bridgehead atoms. The van der Waals surface area contributed by atoms with Gasteiger partial charge in [-0.1, -0.05) is 159 Å². The molecule has 7 rings (SSSR count). The molecule has 4 unspecified atom stereocenters. The summed E-state index contributed by atoms with van der Waals surface area (Å²) in [4.78, 5) is 15.0. The van der Waals surface area contributed by atoms with Crippen molar-refractivity contribution in [2.24, 2.45) is 5.92 Å². The molecule has 1 heterocycles. The Morgan fingerprint density at radius 2 is 1.13 bits per heavy atom.